The average Bonchev–Trinajstić information content (AvgIpc) is 3.54. The van der Waals surface area contributed by atoms with Crippen LogP contribution in [-0.2, 0) is 10.2 Å². The predicted molar refractivity (Wildman–Crippen MR) is 120 cm³/mol. The summed E-state index contributed by atoms with van der Waals surface area (Å²) in [7, 11) is -2.77. The van der Waals surface area contributed by atoms with Crippen molar-refractivity contribution in [1.82, 2.24) is 19.3 Å². The molecule has 1 saturated carbocycles. The molecule has 33 heavy (non-hydrogen) atoms. The molecule has 3 N–H and O–H groups in total. The molecular weight excluding hydrogens is 454 g/mol. The molecule has 176 valence electrons. The van der Waals surface area contributed by atoms with Gasteiger partial charge in [0.25, 0.3) is 0 Å². The lowest BCUT2D eigenvalue weighted by atomic mass is 10.0. The first-order valence-corrected chi connectivity index (χ1v) is 11.9. The summed E-state index contributed by atoms with van der Waals surface area (Å²) in [5.41, 5.74) is -1.10. The van der Waals surface area contributed by atoms with Crippen LogP contribution in [0.15, 0.2) is 24.7 Å². The van der Waals surface area contributed by atoms with Crippen molar-refractivity contribution in [3.05, 3.63) is 47.4 Å². The molecule has 1 aliphatic carbocycles. The largest absolute Gasteiger partial charge is 0.367 e. The van der Waals surface area contributed by atoms with Crippen LogP contribution >= 0.6 is 0 Å². The molecule has 0 saturated heterocycles. The van der Waals surface area contributed by atoms with Crippen LogP contribution in [0.4, 0.5) is 20.3 Å². The van der Waals surface area contributed by atoms with Gasteiger partial charge in [0.1, 0.15) is 23.6 Å². The minimum absolute atomic E-state index is 0.0282. The van der Waals surface area contributed by atoms with Gasteiger partial charge in [-0.1, -0.05) is 6.92 Å². The number of hydrogen-bond acceptors (Lipinski definition) is 6. The number of nitrogens with zero attached hydrogens (tertiary/aromatic N) is 3. The molecule has 0 amide bonds. The maximum Gasteiger partial charge on any atom is 0.301 e. The van der Waals surface area contributed by atoms with Crippen molar-refractivity contribution >= 4 is 38.5 Å². The van der Waals surface area contributed by atoms with Gasteiger partial charge < -0.3 is 10.3 Å². The molecule has 1 atom stereocenters. The fraction of sp³-hybridized carbons (Fsp3) is 0.381. The molecule has 0 radical (unpaired) electrons. The minimum Gasteiger partial charge on any atom is -0.367 e. The van der Waals surface area contributed by atoms with E-state index in [1.165, 1.54) is 19.6 Å². The number of anilines is 2. The maximum absolute atomic E-state index is 15.2. The van der Waals surface area contributed by atoms with Crippen LogP contribution in [0.1, 0.15) is 42.6 Å². The Balaban J connectivity index is 1.75. The van der Waals surface area contributed by atoms with E-state index in [4.69, 9.17) is 0 Å². The van der Waals surface area contributed by atoms with E-state index < -0.39 is 38.9 Å². The summed E-state index contributed by atoms with van der Waals surface area (Å²) in [5.74, 6) is -2.50. The first-order chi connectivity index (χ1) is 15.6. The highest BCUT2D eigenvalue weighted by atomic mass is 32.2. The van der Waals surface area contributed by atoms with Crippen molar-refractivity contribution < 1.29 is 22.0 Å². The summed E-state index contributed by atoms with van der Waals surface area (Å²) in [6.07, 6.45) is 4.83. The van der Waals surface area contributed by atoms with Crippen molar-refractivity contribution in [3.63, 3.8) is 0 Å². The number of aromatic nitrogens is 3. The molecule has 12 heteroatoms. The number of hydrogen-bond donors (Lipinski definition) is 3. The number of benzene rings is 1. The Hall–Kier alpha value is -3.12. The molecule has 1 aromatic carbocycles. The lowest BCUT2D eigenvalue weighted by Crippen LogP contribution is -2.32. The second-order valence-corrected chi connectivity index (χ2v) is 9.83. The first kappa shape index (κ1) is 23.1. The van der Waals surface area contributed by atoms with Crippen LogP contribution in [-0.4, -0.2) is 53.1 Å². The SMILES string of the molecule is CCN(C)S(=O)(=O)Nc1ccc(F)c(C(=O)c2c[nH]c3ncnc(N[C@H](C)C4CC4)c23)c1F. The third kappa shape index (κ3) is 4.40. The number of carbonyl (C=O) groups excluding carboxylic acids is 1. The highest BCUT2D eigenvalue weighted by Gasteiger charge is 2.30. The summed E-state index contributed by atoms with van der Waals surface area (Å²) < 4.78 is 57.5. The summed E-state index contributed by atoms with van der Waals surface area (Å²) in [6.45, 7) is 3.74. The number of ketones is 1. The number of aromatic amines is 1. The Morgan fingerprint density at radius 1 is 1.30 bits per heavy atom. The normalized spacial score (nSPS) is 15.1. The van der Waals surface area contributed by atoms with Gasteiger partial charge in [-0.25, -0.2) is 18.7 Å². The van der Waals surface area contributed by atoms with Crippen molar-refractivity contribution in [2.45, 2.75) is 32.7 Å². The molecule has 2 aromatic heterocycles. The van der Waals surface area contributed by atoms with E-state index >= 15 is 4.39 Å². The number of carbonyl (C=O) groups is 1. The monoisotopic (exact) mass is 478 g/mol. The van der Waals surface area contributed by atoms with Crippen molar-refractivity contribution in [1.29, 1.82) is 0 Å². The second-order valence-electron chi connectivity index (χ2n) is 8.05. The maximum atomic E-state index is 15.2. The van der Waals surface area contributed by atoms with Gasteiger partial charge in [-0.3, -0.25) is 9.52 Å². The molecule has 3 aromatic rings. The van der Waals surface area contributed by atoms with E-state index in [-0.39, 0.29) is 18.2 Å². The molecule has 0 aliphatic heterocycles. The summed E-state index contributed by atoms with van der Waals surface area (Å²) in [6, 6.07) is 1.88. The number of fused-ring (bicyclic) bond motifs is 1. The van der Waals surface area contributed by atoms with Gasteiger partial charge in [-0.2, -0.15) is 12.7 Å². The van der Waals surface area contributed by atoms with Gasteiger partial charge >= 0.3 is 10.2 Å². The molecule has 0 bridgehead atoms. The zero-order valence-corrected chi connectivity index (χ0v) is 19.1. The zero-order chi connectivity index (χ0) is 23.9. The highest BCUT2D eigenvalue weighted by Crippen LogP contribution is 2.35. The fourth-order valence-electron chi connectivity index (χ4n) is 3.54. The summed E-state index contributed by atoms with van der Waals surface area (Å²) >= 11 is 0. The molecule has 2 heterocycles. The summed E-state index contributed by atoms with van der Waals surface area (Å²) in [4.78, 5) is 24.4. The Morgan fingerprint density at radius 2 is 2.03 bits per heavy atom. The molecule has 1 fully saturated rings. The van der Waals surface area contributed by atoms with Gasteiger partial charge in [-0.05, 0) is 37.8 Å². The molecule has 0 unspecified atom stereocenters. The number of H-pyrrole nitrogens is 1. The second kappa shape index (κ2) is 8.67. The van der Waals surface area contributed by atoms with Gasteiger partial charge in [-0.15, -0.1) is 0 Å². The van der Waals surface area contributed by atoms with E-state index in [1.807, 2.05) is 6.92 Å². The lowest BCUT2D eigenvalue weighted by molar-refractivity contribution is 0.103. The van der Waals surface area contributed by atoms with Crippen molar-refractivity contribution in [2.75, 3.05) is 23.6 Å². The van der Waals surface area contributed by atoms with Crippen LogP contribution < -0.4 is 10.0 Å². The zero-order valence-electron chi connectivity index (χ0n) is 18.3. The van der Waals surface area contributed by atoms with Gasteiger partial charge in [0, 0.05) is 25.8 Å². The van der Waals surface area contributed by atoms with E-state index in [9.17, 15) is 17.6 Å². The quantitative estimate of drug-likeness (QED) is 0.406. The van der Waals surface area contributed by atoms with Crippen LogP contribution in [0.3, 0.4) is 0 Å². The highest BCUT2D eigenvalue weighted by molar-refractivity contribution is 7.90. The topological polar surface area (TPSA) is 120 Å². The fourth-order valence-corrected chi connectivity index (χ4v) is 4.47. The molecule has 1 aliphatic rings. The van der Waals surface area contributed by atoms with Crippen LogP contribution in [0.5, 0.6) is 0 Å². The van der Waals surface area contributed by atoms with E-state index in [1.54, 1.807) is 6.92 Å². The Kier molecular flexibility index (Phi) is 6.06. The van der Waals surface area contributed by atoms with Crippen LogP contribution in [0.2, 0.25) is 0 Å². The number of nitrogens with one attached hydrogen (secondary N) is 3. The predicted octanol–water partition coefficient (Wildman–Crippen LogP) is 3.29. The minimum atomic E-state index is -4.08. The van der Waals surface area contributed by atoms with Gasteiger partial charge in [0.05, 0.1) is 22.2 Å². The Bertz CT molecular complexity index is 1320. The molecule has 9 nitrogen and oxygen atoms in total. The smallest absolute Gasteiger partial charge is 0.301 e. The van der Waals surface area contributed by atoms with E-state index in [2.05, 4.69) is 25.0 Å². The molecular formula is C21H24F2N6O3S. The molecule has 4 rings (SSSR count). The number of halogens is 2. The van der Waals surface area contributed by atoms with Crippen LogP contribution in [0.25, 0.3) is 11.0 Å². The third-order valence-corrected chi connectivity index (χ3v) is 7.38. The van der Waals surface area contributed by atoms with E-state index in [0.717, 1.165) is 29.3 Å². The average molecular weight is 479 g/mol. The van der Waals surface area contributed by atoms with Crippen molar-refractivity contribution in [2.24, 2.45) is 5.92 Å². The Morgan fingerprint density at radius 3 is 2.70 bits per heavy atom. The van der Waals surface area contributed by atoms with Crippen LogP contribution in [0, 0.1) is 17.6 Å². The van der Waals surface area contributed by atoms with Gasteiger partial charge in [0.15, 0.2) is 5.82 Å². The van der Waals surface area contributed by atoms with Gasteiger partial charge in [0.2, 0.25) is 5.78 Å². The Labute approximate surface area is 189 Å². The van der Waals surface area contributed by atoms with E-state index in [0.29, 0.717) is 22.8 Å². The number of rotatable bonds is 9. The van der Waals surface area contributed by atoms with Crippen molar-refractivity contribution in [3.8, 4) is 0 Å². The third-order valence-electron chi connectivity index (χ3n) is 5.82. The lowest BCUT2D eigenvalue weighted by Gasteiger charge is -2.17. The standard InChI is InChI=1S/C21H24F2N6O3S/c1-4-29(3)33(31,32)28-15-8-7-14(22)17(18(15)23)19(30)13-9-24-20-16(13)21(26-10-25-20)27-11(2)12-5-6-12/h7-12,28H,4-6H2,1-3H3,(H2,24,25,26,27)/t11-/m1/s1. The molecule has 0 spiro atoms. The first-order valence-electron chi connectivity index (χ1n) is 10.5. The summed E-state index contributed by atoms with van der Waals surface area (Å²) in [5, 5.41) is 3.57.